The van der Waals surface area contributed by atoms with Crippen LogP contribution < -0.4 is 0 Å². The number of carbonyl (C=O) groups excluding carboxylic acids is 1. The third-order valence-corrected chi connectivity index (χ3v) is 3.76. The van der Waals surface area contributed by atoms with E-state index in [1.807, 2.05) is 0 Å². The average Bonchev–Trinajstić information content (AvgIpc) is 2.89. The van der Waals surface area contributed by atoms with Crippen LogP contribution >= 0.6 is 0 Å². The molecule has 2 heterocycles. The van der Waals surface area contributed by atoms with Crippen LogP contribution in [-0.4, -0.2) is 53.1 Å². The maximum Gasteiger partial charge on any atom is 0.257 e. The molecular weight excluding hydrogens is 262 g/mol. The van der Waals surface area contributed by atoms with Crippen molar-refractivity contribution in [2.24, 2.45) is 0 Å². The molecule has 0 unspecified atom stereocenters. The van der Waals surface area contributed by atoms with E-state index in [9.17, 15) is 15.0 Å². The molecule has 2 saturated heterocycles. The number of piperidine rings is 1. The number of ether oxygens (including phenoxy) is 2. The molecule has 0 radical (unpaired) electrons. The lowest BCUT2D eigenvalue weighted by molar-refractivity contribution is -0.183. The minimum Gasteiger partial charge on any atom is -0.504 e. The van der Waals surface area contributed by atoms with Crippen molar-refractivity contribution in [3.05, 3.63) is 23.8 Å². The molecule has 3 rings (SSSR count). The number of para-hydroxylation sites is 1. The van der Waals surface area contributed by atoms with Gasteiger partial charge in [0.25, 0.3) is 5.91 Å². The normalized spacial score (nSPS) is 21.3. The number of benzene rings is 1. The lowest BCUT2D eigenvalue weighted by Gasteiger charge is -2.38. The van der Waals surface area contributed by atoms with Crippen molar-refractivity contribution >= 4 is 5.91 Å². The van der Waals surface area contributed by atoms with Crippen molar-refractivity contribution < 1.29 is 24.5 Å². The molecule has 1 aromatic rings. The van der Waals surface area contributed by atoms with Crippen molar-refractivity contribution in [3.8, 4) is 11.5 Å². The van der Waals surface area contributed by atoms with Crippen molar-refractivity contribution in [1.82, 2.24) is 4.90 Å². The largest absolute Gasteiger partial charge is 0.504 e. The summed E-state index contributed by atoms with van der Waals surface area (Å²) in [4.78, 5) is 14.1. The zero-order valence-corrected chi connectivity index (χ0v) is 11.0. The fraction of sp³-hybridized carbons (Fsp3) is 0.500. The number of nitrogens with zero attached hydrogens (tertiary/aromatic N) is 1. The Morgan fingerprint density at radius 3 is 2.75 bits per heavy atom. The number of aromatic hydroxyl groups is 2. The number of hydrogen-bond acceptors (Lipinski definition) is 5. The third kappa shape index (κ3) is 2.21. The van der Waals surface area contributed by atoms with E-state index in [1.54, 1.807) is 4.90 Å². The number of hydrogen-bond donors (Lipinski definition) is 2. The Balaban J connectivity index is 1.81. The molecule has 0 atom stereocenters. The molecule has 0 bridgehead atoms. The molecule has 2 aliphatic heterocycles. The Bertz CT molecular complexity index is 524. The van der Waals surface area contributed by atoms with Crippen molar-refractivity contribution in [1.29, 1.82) is 0 Å². The number of carbonyl (C=O) groups is 1. The van der Waals surface area contributed by atoms with Gasteiger partial charge in [-0.25, -0.2) is 0 Å². The smallest absolute Gasteiger partial charge is 0.257 e. The fourth-order valence-electron chi connectivity index (χ4n) is 2.77. The minimum absolute atomic E-state index is 0.0973. The Morgan fingerprint density at radius 2 is 2.00 bits per heavy atom. The first-order valence-electron chi connectivity index (χ1n) is 6.69. The molecule has 1 spiro atoms. The van der Waals surface area contributed by atoms with Crippen molar-refractivity contribution in [3.63, 3.8) is 0 Å². The maximum absolute atomic E-state index is 12.5. The SMILES string of the molecule is O=C(c1cccc(O)c1O)N1CCCC2(C1)OCCO2. The lowest BCUT2D eigenvalue weighted by Crippen LogP contribution is -2.51. The zero-order valence-electron chi connectivity index (χ0n) is 11.0. The molecular formula is C14H17NO5. The van der Waals surface area contributed by atoms with E-state index >= 15 is 0 Å². The van der Waals surface area contributed by atoms with E-state index in [2.05, 4.69) is 0 Å². The van der Waals surface area contributed by atoms with Crippen LogP contribution in [0.3, 0.4) is 0 Å². The zero-order chi connectivity index (χ0) is 14.2. The van der Waals surface area contributed by atoms with Crippen LogP contribution in [0.15, 0.2) is 18.2 Å². The molecule has 1 amide bonds. The van der Waals surface area contributed by atoms with E-state index < -0.39 is 5.79 Å². The Labute approximate surface area is 116 Å². The van der Waals surface area contributed by atoms with Crippen LogP contribution in [0.2, 0.25) is 0 Å². The molecule has 6 heteroatoms. The van der Waals surface area contributed by atoms with E-state index in [1.165, 1.54) is 18.2 Å². The van der Waals surface area contributed by atoms with Gasteiger partial charge >= 0.3 is 0 Å². The fourth-order valence-corrected chi connectivity index (χ4v) is 2.77. The molecule has 2 fully saturated rings. The standard InChI is InChI=1S/C14H17NO5/c16-11-4-1-3-10(12(11)17)13(18)15-6-2-5-14(9-15)19-7-8-20-14/h1,3-4,16-17H,2,5-9H2. The van der Waals surface area contributed by atoms with E-state index in [0.29, 0.717) is 26.3 Å². The Morgan fingerprint density at radius 1 is 1.25 bits per heavy atom. The molecule has 6 nitrogen and oxygen atoms in total. The van der Waals surface area contributed by atoms with Gasteiger partial charge in [0, 0.05) is 13.0 Å². The summed E-state index contributed by atoms with van der Waals surface area (Å²) in [5, 5.41) is 19.3. The monoisotopic (exact) mass is 279 g/mol. The topological polar surface area (TPSA) is 79.2 Å². The summed E-state index contributed by atoms with van der Waals surface area (Å²) in [6.07, 6.45) is 1.55. The van der Waals surface area contributed by atoms with Gasteiger partial charge in [0.1, 0.15) is 0 Å². The second kappa shape index (κ2) is 4.96. The summed E-state index contributed by atoms with van der Waals surface area (Å²) in [5.41, 5.74) is 0.0973. The van der Waals surface area contributed by atoms with Crippen LogP contribution in [0.25, 0.3) is 0 Å². The average molecular weight is 279 g/mol. The maximum atomic E-state index is 12.5. The highest BCUT2D eigenvalue weighted by Crippen LogP contribution is 2.33. The van der Waals surface area contributed by atoms with Gasteiger partial charge in [-0.05, 0) is 18.6 Å². The summed E-state index contributed by atoms with van der Waals surface area (Å²) in [6, 6.07) is 4.37. The molecule has 0 aromatic heterocycles. The lowest BCUT2D eigenvalue weighted by atomic mass is 10.0. The van der Waals surface area contributed by atoms with E-state index in [0.717, 1.165) is 12.8 Å². The van der Waals surface area contributed by atoms with Gasteiger partial charge in [-0.1, -0.05) is 6.07 Å². The summed E-state index contributed by atoms with van der Waals surface area (Å²) in [7, 11) is 0. The van der Waals surface area contributed by atoms with Crippen LogP contribution in [0.5, 0.6) is 11.5 Å². The first kappa shape index (κ1) is 13.2. The van der Waals surface area contributed by atoms with E-state index in [4.69, 9.17) is 9.47 Å². The Kier molecular flexibility index (Phi) is 3.27. The third-order valence-electron chi connectivity index (χ3n) is 3.76. The second-order valence-electron chi connectivity index (χ2n) is 5.11. The van der Waals surface area contributed by atoms with Crippen LogP contribution in [-0.2, 0) is 9.47 Å². The predicted molar refractivity (Wildman–Crippen MR) is 69.5 cm³/mol. The van der Waals surface area contributed by atoms with Gasteiger partial charge in [-0.2, -0.15) is 0 Å². The number of amides is 1. The summed E-state index contributed by atoms with van der Waals surface area (Å²) < 4.78 is 11.2. The molecule has 0 aliphatic carbocycles. The number of likely N-dealkylation sites (tertiary alicyclic amines) is 1. The molecule has 20 heavy (non-hydrogen) atoms. The molecule has 2 N–H and O–H groups in total. The molecule has 2 aliphatic rings. The predicted octanol–water partition coefficient (Wildman–Crippen LogP) is 1.08. The van der Waals surface area contributed by atoms with Crippen LogP contribution in [0, 0.1) is 0 Å². The van der Waals surface area contributed by atoms with Gasteiger partial charge in [0.2, 0.25) is 0 Å². The Hall–Kier alpha value is -1.79. The molecule has 108 valence electrons. The number of phenols is 2. The van der Waals surface area contributed by atoms with Crippen molar-refractivity contribution in [2.45, 2.75) is 18.6 Å². The first-order chi connectivity index (χ1) is 9.61. The number of phenolic OH excluding ortho intramolecular Hbond substituents is 2. The summed E-state index contributed by atoms with van der Waals surface area (Å²) in [5.74, 6) is -1.70. The van der Waals surface area contributed by atoms with Crippen LogP contribution in [0.1, 0.15) is 23.2 Å². The van der Waals surface area contributed by atoms with Gasteiger partial charge in [-0.3, -0.25) is 4.79 Å². The van der Waals surface area contributed by atoms with E-state index in [-0.39, 0.29) is 23.0 Å². The summed E-state index contributed by atoms with van der Waals surface area (Å²) >= 11 is 0. The van der Waals surface area contributed by atoms with Crippen molar-refractivity contribution in [2.75, 3.05) is 26.3 Å². The highest BCUT2D eigenvalue weighted by atomic mass is 16.7. The molecule has 1 aromatic carbocycles. The first-order valence-corrected chi connectivity index (χ1v) is 6.69. The second-order valence-corrected chi connectivity index (χ2v) is 5.11. The minimum atomic E-state index is -0.694. The highest BCUT2D eigenvalue weighted by Gasteiger charge is 2.42. The summed E-state index contributed by atoms with van der Waals surface area (Å²) in [6.45, 7) is 2.02. The molecule has 0 saturated carbocycles. The van der Waals surface area contributed by atoms with Gasteiger partial charge in [-0.15, -0.1) is 0 Å². The quantitative estimate of drug-likeness (QED) is 0.752. The van der Waals surface area contributed by atoms with Gasteiger partial charge in [0.05, 0.1) is 25.3 Å². The number of rotatable bonds is 1. The van der Waals surface area contributed by atoms with Gasteiger partial charge in [0.15, 0.2) is 17.3 Å². The van der Waals surface area contributed by atoms with Gasteiger partial charge < -0.3 is 24.6 Å². The highest BCUT2D eigenvalue weighted by molar-refractivity contribution is 5.97. The van der Waals surface area contributed by atoms with Crippen LogP contribution in [0.4, 0.5) is 0 Å².